The van der Waals surface area contributed by atoms with Crippen LogP contribution in [0.3, 0.4) is 0 Å². The molecule has 7 nitrogen and oxygen atoms in total. The summed E-state index contributed by atoms with van der Waals surface area (Å²) >= 11 is 5.82. The number of carbonyl (C=O) groups excluding carboxylic acids is 3. The average Bonchev–Trinajstić information content (AvgIpc) is 2.63. The predicted molar refractivity (Wildman–Crippen MR) is 98.8 cm³/mol. The average molecular weight is 384 g/mol. The van der Waals surface area contributed by atoms with Crippen molar-refractivity contribution in [3.63, 3.8) is 0 Å². The van der Waals surface area contributed by atoms with Crippen LogP contribution < -0.4 is 16.1 Å². The van der Waals surface area contributed by atoms with Crippen LogP contribution in [0.5, 0.6) is 0 Å². The van der Waals surface area contributed by atoms with Gasteiger partial charge in [-0.2, -0.15) is 0 Å². The maximum absolute atomic E-state index is 12.3. The molecule has 0 unspecified atom stereocenters. The van der Waals surface area contributed by atoms with E-state index in [9.17, 15) is 14.4 Å². The predicted octanol–water partition coefficient (Wildman–Crippen LogP) is 1.96. The monoisotopic (exact) mass is 383 g/mol. The van der Waals surface area contributed by atoms with Gasteiger partial charge in [-0.15, -0.1) is 0 Å². The van der Waals surface area contributed by atoms with Crippen LogP contribution in [0.4, 0.5) is 0 Å². The maximum atomic E-state index is 12.3. The molecule has 0 aliphatic rings. The second kappa shape index (κ2) is 12.3. The Morgan fingerprint density at radius 1 is 1.12 bits per heavy atom. The number of amides is 3. The van der Waals surface area contributed by atoms with E-state index in [1.807, 2.05) is 0 Å². The van der Waals surface area contributed by atoms with Crippen molar-refractivity contribution < 1.29 is 19.6 Å². The lowest BCUT2D eigenvalue weighted by atomic mass is 10.1. The fraction of sp³-hybridized carbons (Fsp3) is 0.500. The second-order valence-electron chi connectivity index (χ2n) is 6.00. The van der Waals surface area contributed by atoms with Crippen molar-refractivity contribution in [3.05, 3.63) is 34.9 Å². The minimum Gasteiger partial charge on any atom is -0.354 e. The first kappa shape index (κ1) is 21.9. The van der Waals surface area contributed by atoms with E-state index >= 15 is 0 Å². The van der Waals surface area contributed by atoms with Crippen LogP contribution in [0, 0.1) is 0 Å². The highest BCUT2D eigenvalue weighted by molar-refractivity contribution is 6.30. The molecule has 0 saturated carbocycles. The standard InChI is InChI=1S/C18H26ClN3O4/c1-2-3-4-11-20-18(25)15(9-10-16(23)22-26)21-17(24)12-13-5-7-14(19)8-6-13/h5-8,15,26H,2-4,9-12H2,1H3,(H,20,25)(H,21,24)(H,22,23)/t15-/m0/s1. The molecule has 8 heteroatoms. The number of unbranched alkanes of at least 4 members (excludes halogenated alkanes) is 2. The fourth-order valence-electron chi connectivity index (χ4n) is 2.34. The van der Waals surface area contributed by atoms with Gasteiger partial charge in [0.2, 0.25) is 17.7 Å². The van der Waals surface area contributed by atoms with Crippen molar-refractivity contribution in [2.24, 2.45) is 0 Å². The minimum atomic E-state index is -0.839. The highest BCUT2D eigenvalue weighted by atomic mass is 35.5. The quantitative estimate of drug-likeness (QED) is 0.266. The van der Waals surface area contributed by atoms with Crippen LogP contribution in [-0.2, 0) is 20.8 Å². The van der Waals surface area contributed by atoms with Gasteiger partial charge in [-0.1, -0.05) is 43.5 Å². The smallest absolute Gasteiger partial charge is 0.243 e. The zero-order valence-corrected chi connectivity index (χ0v) is 15.6. The zero-order valence-electron chi connectivity index (χ0n) is 14.9. The molecule has 1 aromatic rings. The van der Waals surface area contributed by atoms with Crippen LogP contribution >= 0.6 is 11.6 Å². The summed E-state index contributed by atoms with van der Waals surface area (Å²) in [5, 5.41) is 14.6. The van der Waals surface area contributed by atoms with Crippen LogP contribution in [0.2, 0.25) is 5.02 Å². The Bertz CT molecular complexity index is 593. The molecule has 0 bridgehead atoms. The lowest BCUT2D eigenvalue weighted by Gasteiger charge is -2.18. The van der Waals surface area contributed by atoms with E-state index in [1.165, 1.54) is 5.48 Å². The third-order valence-corrected chi connectivity index (χ3v) is 4.05. The summed E-state index contributed by atoms with van der Waals surface area (Å²) in [6.45, 7) is 2.58. The van der Waals surface area contributed by atoms with Gasteiger partial charge in [-0.05, 0) is 30.5 Å². The third kappa shape index (κ3) is 8.82. The Hall–Kier alpha value is -2.12. The number of carbonyl (C=O) groups is 3. The molecule has 0 aromatic heterocycles. The SMILES string of the molecule is CCCCCNC(=O)[C@H](CCC(=O)NO)NC(=O)Cc1ccc(Cl)cc1. The number of rotatable bonds is 11. The molecule has 1 aromatic carbocycles. The van der Waals surface area contributed by atoms with Gasteiger partial charge in [0, 0.05) is 18.0 Å². The van der Waals surface area contributed by atoms with Crippen molar-refractivity contribution >= 4 is 29.3 Å². The number of hydrogen-bond acceptors (Lipinski definition) is 4. The Labute approximate surface area is 158 Å². The molecule has 0 saturated heterocycles. The summed E-state index contributed by atoms with van der Waals surface area (Å²) in [5.41, 5.74) is 2.29. The lowest BCUT2D eigenvalue weighted by Crippen LogP contribution is -2.47. The summed E-state index contributed by atoms with van der Waals surface area (Å²) in [7, 11) is 0. The molecule has 0 radical (unpaired) electrons. The molecule has 144 valence electrons. The third-order valence-electron chi connectivity index (χ3n) is 3.79. The Kier molecular flexibility index (Phi) is 10.3. The lowest BCUT2D eigenvalue weighted by molar-refractivity contribution is -0.131. The summed E-state index contributed by atoms with van der Waals surface area (Å²) in [5.74, 6) is -1.28. The van der Waals surface area contributed by atoms with E-state index in [0.717, 1.165) is 24.8 Å². The maximum Gasteiger partial charge on any atom is 0.243 e. The van der Waals surface area contributed by atoms with Crippen LogP contribution in [0.1, 0.15) is 44.6 Å². The van der Waals surface area contributed by atoms with Gasteiger partial charge in [0.1, 0.15) is 6.04 Å². The van der Waals surface area contributed by atoms with Gasteiger partial charge < -0.3 is 10.6 Å². The molecule has 1 rings (SSSR count). The van der Waals surface area contributed by atoms with Gasteiger partial charge in [-0.3, -0.25) is 19.6 Å². The summed E-state index contributed by atoms with van der Waals surface area (Å²) in [6, 6.07) is 6.01. The largest absolute Gasteiger partial charge is 0.354 e. The van der Waals surface area contributed by atoms with E-state index in [0.29, 0.717) is 11.6 Å². The van der Waals surface area contributed by atoms with E-state index in [1.54, 1.807) is 24.3 Å². The van der Waals surface area contributed by atoms with Gasteiger partial charge in [-0.25, -0.2) is 5.48 Å². The van der Waals surface area contributed by atoms with E-state index in [4.69, 9.17) is 16.8 Å². The first-order chi connectivity index (χ1) is 12.5. The number of nitrogens with one attached hydrogen (secondary N) is 3. The number of hydroxylamine groups is 1. The summed E-state index contributed by atoms with van der Waals surface area (Å²) < 4.78 is 0. The Balaban J connectivity index is 2.60. The zero-order chi connectivity index (χ0) is 19.4. The number of hydrogen-bond donors (Lipinski definition) is 4. The Morgan fingerprint density at radius 3 is 2.42 bits per heavy atom. The molecule has 0 aliphatic carbocycles. The fourth-order valence-corrected chi connectivity index (χ4v) is 2.47. The molecule has 0 spiro atoms. The van der Waals surface area contributed by atoms with Crippen molar-refractivity contribution in [2.75, 3.05) is 6.54 Å². The van der Waals surface area contributed by atoms with Crippen molar-refractivity contribution in [3.8, 4) is 0 Å². The van der Waals surface area contributed by atoms with Crippen molar-refractivity contribution in [1.82, 2.24) is 16.1 Å². The molecule has 0 aliphatic heterocycles. The van der Waals surface area contributed by atoms with Gasteiger partial charge in [0.15, 0.2) is 0 Å². The molecule has 0 heterocycles. The Morgan fingerprint density at radius 2 is 1.81 bits per heavy atom. The van der Waals surface area contributed by atoms with Gasteiger partial charge in [0.05, 0.1) is 6.42 Å². The highest BCUT2D eigenvalue weighted by Crippen LogP contribution is 2.10. The van der Waals surface area contributed by atoms with E-state index in [2.05, 4.69) is 17.6 Å². The highest BCUT2D eigenvalue weighted by Gasteiger charge is 2.21. The number of halogens is 1. The first-order valence-electron chi connectivity index (χ1n) is 8.70. The van der Waals surface area contributed by atoms with Gasteiger partial charge in [0.25, 0.3) is 0 Å². The van der Waals surface area contributed by atoms with Crippen LogP contribution in [-0.4, -0.2) is 35.5 Å². The molecular weight excluding hydrogens is 358 g/mol. The van der Waals surface area contributed by atoms with Crippen molar-refractivity contribution in [1.29, 1.82) is 0 Å². The summed E-state index contributed by atoms with van der Waals surface area (Å²) in [6.07, 6.45) is 3.01. The van der Waals surface area contributed by atoms with Crippen LogP contribution in [0.15, 0.2) is 24.3 Å². The van der Waals surface area contributed by atoms with E-state index < -0.39 is 11.9 Å². The molecule has 4 N–H and O–H groups in total. The van der Waals surface area contributed by atoms with Crippen LogP contribution in [0.25, 0.3) is 0 Å². The molecule has 3 amide bonds. The van der Waals surface area contributed by atoms with Crippen molar-refractivity contribution in [2.45, 2.75) is 51.5 Å². The molecular formula is C18H26ClN3O4. The minimum absolute atomic E-state index is 0.0786. The normalized spacial score (nSPS) is 11.5. The summed E-state index contributed by atoms with van der Waals surface area (Å²) in [4.78, 5) is 35.8. The molecule has 26 heavy (non-hydrogen) atoms. The molecule has 0 fully saturated rings. The molecule has 1 atom stereocenters. The first-order valence-corrected chi connectivity index (χ1v) is 9.08. The van der Waals surface area contributed by atoms with E-state index in [-0.39, 0.29) is 31.1 Å². The van der Waals surface area contributed by atoms with Gasteiger partial charge >= 0.3 is 0 Å². The topological polar surface area (TPSA) is 108 Å². The second-order valence-corrected chi connectivity index (χ2v) is 6.43. The number of benzene rings is 1.